The first-order valence-electron chi connectivity index (χ1n) is 9.63. The molecule has 2 aromatic carbocycles. The van der Waals surface area contributed by atoms with E-state index in [1.807, 2.05) is 19.1 Å². The number of ether oxygens (including phenoxy) is 1. The van der Waals surface area contributed by atoms with Gasteiger partial charge in [0.1, 0.15) is 5.75 Å². The minimum atomic E-state index is 0.865. The molecule has 0 fully saturated rings. The molecule has 1 heterocycles. The van der Waals surface area contributed by atoms with Gasteiger partial charge in [0.05, 0.1) is 12.6 Å². The van der Waals surface area contributed by atoms with Crippen LogP contribution in [0.2, 0.25) is 0 Å². The topological polar surface area (TPSA) is 34.1 Å². The van der Waals surface area contributed by atoms with Crippen molar-refractivity contribution < 1.29 is 4.74 Å². The molecule has 0 atom stereocenters. The minimum Gasteiger partial charge on any atom is -0.497 e. The molecule has 3 heteroatoms. The Morgan fingerprint density at radius 3 is 2.81 bits per heavy atom. The van der Waals surface area contributed by atoms with Crippen LogP contribution in [0.5, 0.6) is 5.75 Å². The second kappa shape index (κ2) is 7.43. The maximum Gasteiger partial charge on any atom is 0.119 e. The molecule has 0 amide bonds. The predicted molar refractivity (Wildman–Crippen MR) is 113 cm³/mol. The largest absolute Gasteiger partial charge is 0.497 e. The summed E-state index contributed by atoms with van der Waals surface area (Å²) in [5.74, 6) is 0.865. The highest BCUT2D eigenvalue weighted by Gasteiger charge is 2.11. The van der Waals surface area contributed by atoms with E-state index in [9.17, 15) is 0 Å². The van der Waals surface area contributed by atoms with Crippen LogP contribution in [0, 0.1) is 6.92 Å². The van der Waals surface area contributed by atoms with Crippen molar-refractivity contribution in [2.24, 2.45) is 0 Å². The SMILES string of the molecule is C=C(CCc1cc(C)nc2ccc(OC)cc12)Nc1ccc2c(c1)CCC2. The highest BCUT2D eigenvalue weighted by atomic mass is 16.5. The summed E-state index contributed by atoms with van der Waals surface area (Å²) >= 11 is 0. The van der Waals surface area contributed by atoms with Gasteiger partial charge < -0.3 is 10.1 Å². The standard InChI is InChI=1S/C24H26N2O/c1-16(25-21-10-9-18-5-4-6-19(18)14-21)7-8-20-13-17(2)26-24-12-11-22(27-3)15-23(20)24/h9-15,25H,1,4-8H2,2-3H3. The Bertz CT molecular complexity index is 1010. The zero-order valence-electron chi connectivity index (χ0n) is 16.1. The fourth-order valence-electron chi connectivity index (χ4n) is 3.96. The number of hydrogen-bond acceptors (Lipinski definition) is 3. The summed E-state index contributed by atoms with van der Waals surface area (Å²) in [5.41, 5.74) is 8.52. The van der Waals surface area contributed by atoms with Crippen molar-refractivity contribution in [2.75, 3.05) is 12.4 Å². The normalized spacial score (nSPS) is 12.8. The van der Waals surface area contributed by atoms with Crippen LogP contribution in [0.1, 0.15) is 35.2 Å². The Hall–Kier alpha value is -2.81. The third-order valence-electron chi connectivity index (χ3n) is 5.35. The lowest BCUT2D eigenvalue weighted by Gasteiger charge is -2.13. The first-order valence-corrected chi connectivity index (χ1v) is 9.63. The number of aromatic nitrogens is 1. The highest BCUT2D eigenvalue weighted by molar-refractivity contribution is 5.84. The lowest BCUT2D eigenvalue weighted by Crippen LogP contribution is -2.01. The number of hydrogen-bond donors (Lipinski definition) is 1. The number of fused-ring (bicyclic) bond motifs is 2. The van der Waals surface area contributed by atoms with Gasteiger partial charge in [-0.2, -0.15) is 0 Å². The summed E-state index contributed by atoms with van der Waals surface area (Å²) in [7, 11) is 1.70. The monoisotopic (exact) mass is 358 g/mol. The van der Waals surface area contributed by atoms with E-state index < -0.39 is 0 Å². The number of methoxy groups -OCH3 is 1. The Morgan fingerprint density at radius 1 is 1.11 bits per heavy atom. The first kappa shape index (κ1) is 17.6. The molecule has 0 aliphatic heterocycles. The van der Waals surface area contributed by atoms with Crippen LogP contribution >= 0.6 is 0 Å². The number of anilines is 1. The molecule has 0 bridgehead atoms. The van der Waals surface area contributed by atoms with Crippen molar-refractivity contribution in [3.63, 3.8) is 0 Å². The number of aryl methyl sites for hydroxylation is 4. The molecule has 1 N–H and O–H groups in total. The summed E-state index contributed by atoms with van der Waals surface area (Å²) in [6, 6.07) is 15.0. The molecule has 0 saturated heterocycles. The van der Waals surface area contributed by atoms with Gasteiger partial charge in [-0.15, -0.1) is 0 Å². The van der Waals surface area contributed by atoms with E-state index in [1.54, 1.807) is 7.11 Å². The van der Waals surface area contributed by atoms with Crippen LogP contribution in [-0.4, -0.2) is 12.1 Å². The summed E-state index contributed by atoms with van der Waals surface area (Å²) in [6.07, 6.45) is 5.49. The first-order chi connectivity index (χ1) is 13.1. The van der Waals surface area contributed by atoms with Crippen molar-refractivity contribution in [3.8, 4) is 5.75 Å². The van der Waals surface area contributed by atoms with Crippen LogP contribution in [0.3, 0.4) is 0 Å². The number of nitrogens with one attached hydrogen (secondary N) is 1. The van der Waals surface area contributed by atoms with E-state index in [2.05, 4.69) is 47.2 Å². The number of pyridine rings is 1. The third kappa shape index (κ3) is 3.82. The van der Waals surface area contributed by atoms with E-state index in [0.29, 0.717) is 0 Å². The fourth-order valence-corrected chi connectivity index (χ4v) is 3.96. The lowest BCUT2D eigenvalue weighted by atomic mass is 10.0. The minimum absolute atomic E-state index is 0.865. The molecular weight excluding hydrogens is 332 g/mol. The average Bonchev–Trinajstić information content (AvgIpc) is 3.13. The molecule has 3 aromatic rings. The van der Waals surface area contributed by atoms with Gasteiger partial charge in [0.25, 0.3) is 0 Å². The molecule has 1 aliphatic carbocycles. The second-order valence-electron chi connectivity index (χ2n) is 7.37. The van der Waals surface area contributed by atoms with Gasteiger partial charge in [0.2, 0.25) is 0 Å². The molecule has 0 spiro atoms. The average molecular weight is 358 g/mol. The van der Waals surface area contributed by atoms with Gasteiger partial charge in [0.15, 0.2) is 0 Å². The quantitative estimate of drug-likeness (QED) is 0.623. The van der Waals surface area contributed by atoms with Crippen molar-refractivity contribution in [1.82, 2.24) is 4.98 Å². The van der Waals surface area contributed by atoms with Crippen LogP contribution in [0.25, 0.3) is 10.9 Å². The Morgan fingerprint density at radius 2 is 1.96 bits per heavy atom. The smallest absolute Gasteiger partial charge is 0.119 e. The summed E-state index contributed by atoms with van der Waals surface area (Å²) in [5, 5.41) is 4.65. The predicted octanol–water partition coefficient (Wildman–Crippen LogP) is 5.60. The third-order valence-corrected chi connectivity index (χ3v) is 5.35. The van der Waals surface area contributed by atoms with Crippen LogP contribution < -0.4 is 10.1 Å². The zero-order valence-corrected chi connectivity index (χ0v) is 16.1. The van der Waals surface area contributed by atoms with Crippen molar-refractivity contribution in [2.45, 2.75) is 39.0 Å². The highest BCUT2D eigenvalue weighted by Crippen LogP contribution is 2.27. The zero-order chi connectivity index (χ0) is 18.8. The molecule has 1 aliphatic rings. The number of rotatable bonds is 6. The van der Waals surface area contributed by atoms with Gasteiger partial charge >= 0.3 is 0 Å². The number of benzene rings is 2. The van der Waals surface area contributed by atoms with Gasteiger partial charge in [-0.25, -0.2) is 0 Å². The van der Waals surface area contributed by atoms with Crippen LogP contribution in [-0.2, 0) is 19.3 Å². The summed E-state index contributed by atoms with van der Waals surface area (Å²) in [6.45, 7) is 6.29. The molecule has 0 unspecified atom stereocenters. The van der Waals surface area contributed by atoms with Crippen LogP contribution in [0.15, 0.2) is 54.7 Å². The Balaban J connectivity index is 1.48. The van der Waals surface area contributed by atoms with Gasteiger partial charge in [-0.1, -0.05) is 12.6 Å². The molecule has 0 radical (unpaired) electrons. The van der Waals surface area contributed by atoms with Crippen molar-refractivity contribution in [1.29, 1.82) is 0 Å². The lowest BCUT2D eigenvalue weighted by molar-refractivity contribution is 0.415. The van der Waals surface area contributed by atoms with Gasteiger partial charge in [0, 0.05) is 22.5 Å². The van der Waals surface area contributed by atoms with E-state index >= 15 is 0 Å². The summed E-state index contributed by atoms with van der Waals surface area (Å²) < 4.78 is 5.39. The number of allylic oxidation sites excluding steroid dienone is 1. The maximum atomic E-state index is 5.39. The second-order valence-corrected chi connectivity index (χ2v) is 7.37. The molecule has 27 heavy (non-hydrogen) atoms. The van der Waals surface area contributed by atoms with Crippen LogP contribution in [0.4, 0.5) is 5.69 Å². The maximum absolute atomic E-state index is 5.39. The molecule has 138 valence electrons. The van der Waals surface area contributed by atoms with Gasteiger partial charge in [-0.05, 0) is 92.1 Å². The molecule has 1 aromatic heterocycles. The van der Waals surface area contributed by atoms with Crippen molar-refractivity contribution in [3.05, 3.63) is 77.1 Å². The van der Waals surface area contributed by atoms with Gasteiger partial charge in [-0.3, -0.25) is 4.98 Å². The molecular formula is C24H26N2O. The Labute approximate surface area is 161 Å². The summed E-state index contributed by atoms with van der Waals surface area (Å²) in [4.78, 5) is 4.65. The van der Waals surface area contributed by atoms with Crippen molar-refractivity contribution >= 4 is 16.6 Å². The van der Waals surface area contributed by atoms with E-state index in [1.165, 1.54) is 36.0 Å². The molecule has 3 nitrogen and oxygen atoms in total. The van der Waals surface area contributed by atoms with E-state index in [0.717, 1.165) is 46.6 Å². The van der Waals surface area contributed by atoms with E-state index in [-0.39, 0.29) is 0 Å². The Kier molecular flexibility index (Phi) is 4.85. The molecule has 4 rings (SSSR count). The fraction of sp³-hybridized carbons (Fsp3) is 0.292. The molecule has 0 saturated carbocycles. The number of nitrogens with zero attached hydrogens (tertiary/aromatic N) is 1. The van der Waals surface area contributed by atoms with E-state index in [4.69, 9.17) is 4.74 Å².